The Morgan fingerprint density at radius 1 is 0.947 bits per heavy atom. The van der Waals surface area contributed by atoms with Crippen LogP contribution in [0.3, 0.4) is 0 Å². The molecule has 0 aliphatic heterocycles. The standard InChI is InChI=1S/C15H16Cl2N2/c1-3-10(4-2)15-18-13(16)12(14(17)19-15)11-8-6-5-7-9-11/h5-10H,3-4H2,1-2H3. The Labute approximate surface area is 123 Å². The third-order valence-electron chi connectivity index (χ3n) is 3.25. The van der Waals surface area contributed by atoms with E-state index in [4.69, 9.17) is 23.2 Å². The topological polar surface area (TPSA) is 25.8 Å². The van der Waals surface area contributed by atoms with Crippen molar-refractivity contribution in [2.45, 2.75) is 32.6 Å². The van der Waals surface area contributed by atoms with Crippen LogP contribution in [0, 0.1) is 0 Å². The molecule has 0 saturated carbocycles. The first-order chi connectivity index (χ1) is 9.17. The van der Waals surface area contributed by atoms with E-state index in [-0.39, 0.29) is 0 Å². The summed E-state index contributed by atoms with van der Waals surface area (Å²) in [5.74, 6) is 1.04. The van der Waals surface area contributed by atoms with Gasteiger partial charge in [0.2, 0.25) is 0 Å². The largest absolute Gasteiger partial charge is 0.220 e. The molecule has 0 aliphatic carbocycles. The summed E-state index contributed by atoms with van der Waals surface area (Å²) in [6.45, 7) is 4.23. The van der Waals surface area contributed by atoms with E-state index in [2.05, 4.69) is 23.8 Å². The van der Waals surface area contributed by atoms with Crippen LogP contribution >= 0.6 is 23.2 Å². The first kappa shape index (κ1) is 14.3. The van der Waals surface area contributed by atoms with Crippen molar-refractivity contribution in [2.75, 3.05) is 0 Å². The average Bonchev–Trinajstić information content (AvgIpc) is 2.40. The van der Waals surface area contributed by atoms with Gasteiger partial charge in [-0.25, -0.2) is 9.97 Å². The fraction of sp³-hybridized carbons (Fsp3) is 0.333. The predicted octanol–water partition coefficient (Wildman–Crippen LogP) is 5.35. The highest BCUT2D eigenvalue weighted by Gasteiger charge is 2.17. The van der Waals surface area contributed by atoms with Crippen molar-refractivity contribution in [1.82, 2.24) is 9.97 Å². The number of aromatic nitrogens is 2. The average molecular weight is 295 g/mol. The molecule has 2 rings (SSSR count). The fourth-order valence-electron chi connectivity index (χ4n) is 2.10. The van der Waals surface area contributed by atoms with Gasteiger partial charge in [-0.3, -0.25) is 0 Å². The summed E-state index contributed by atoms with van der Waals surface area (Å²) in [6, 6.07) is 9.73. The Kier molecular flexibility index (Phi) is 4.78. The van der Waals surface area contributed by atoms with Crippen LogP contribution in [0.4, 0.5) is 0 Å². The summed E-state index contributed by atoms with van der Waals surface area (Å²) < 4.78 is 0. The van der Waals surface area contributed by atoms with Crippen molar-refractivity contribution in [3.05, 3.63) is 46.5 Å². The van der Waals surface area contributed by atoms with E-state index in [9.17, 15) is 0 Å². The number of hydrogen-bond donors (Lipinski definition) is 0. The van der Waals surface area contributed by atoms with Gasteiger partial charge in [-0.2, -0.15) is 0 Å². The molecular weight excluding hydrogens is 279 g/mol. The highest BCUT2D eigenvalue weighted by atomic mass is 35.5. The van der Waals surface area contributed by atoms with Crippen LogP contribution in [0.2, 0.25) is 10.3 Å². The van der Waals surface area contributed by atoms with Gasteiger partial charge in [-0.1, -0.05) is 67.4 Å². The lowest BCUT2D eigenvalue weighted by Crippen LogP contribution is -2.04. The van der Waals surface area contributed by atoms with Gasteiger partial charge in [0.15, 0.2) is 0 Å². The fourth-order valence-corrected chi connectivity index (χ4v) is 2.72. The van der Waals surface area contributed by atoms with Crippen molar-refractivity contribution in [2.24, 2.45) is 0 Å². The van der Waals surface area contributed by atoms with Crippen molar-refractivity contribution in [3.8, 4) is 11.1 Å². The third-order valence-corrected chi connectivity index (χ3v) is 3.80. The van der Waals surface area contributed by atoms with Crippen LogP contribution in [-0.4, -0.2) is 9.97 Å². The number of hydrogen-bond acceptors (Lipinski definition) is 2. The Hall–Kier alpha value is -1.12. The van der Waals surface area contributed by atoms with E-state index < -0.39 is 0 Å². The molecule has 1 aromatic heterocycles. The summed E-state index contributed by atoms with van der Waals surface area (Å²) in [4.78, 5) is 8.84. The maximum atomic E-state index is 6.29. The highest BCUT2D eigenvalue weighted by molar-refractivity contribution is 6.37. The number of rotatable bonds is 4. The quantitative estimate of drug-likeness (QED) is 0.710. The van der Waals surface area contributed by atoms with Crippen LogP contribution in [0.25, 0.3) is 11.1 Å². The highest BCUT2D eigenvalue weighted by Crippen LogP contribution is 2.34. The molecule has 0 N–H and O–H groups in total. The second-order valence-corrected chi connectivity index (χ2v) is 5.13. The van der Waals surface area contributed by atoms with Crippen LogP contribution in [0.15, 0.2) is 30.3 Å². The lowest BCUT2D eigenvalue weighted by Gasteiger charge is -2.13. The molecule has 0 saturated heterocycles. The van der Waals surface area contributed by atoms with Gasteiger partial charge in [-0.15, -0.1) is 0 Å². The first-order valence-corrected chi connectivity index (χ1v) is 7.21. The lowest BCUT2D eigenvalue weighted by molar-refractivity contribution is 0.602. The van der Waals surface area contributed by atoms with Gasteiger partial charge in [0.25, 0.3) is 0 Å². The summed E-state index contributed by atoms with van der Waals surface area (Å²) in [6.07, 6.45) is 1.96. The molecule has 2 nitrogen and oxygen atoms in total. The minimum absolute atomic E-state index is 0.305. The summed E-state index contributed by atoms with van der Waals surface area (Å²) in [7, 11) is 0. The second kappa shape index (κ2) is 6.36. The molecule has 0 radical (unpaired) electrons. The Bertz CT molecular complexity index is 528. The monoisotopic (exact) mass is 294 g/mol. The van der Waals surface area contributed by atoms with Gasteiger partial charge in [0.1, 0.15) is 16.1 Å². The zero-order valence-corrected chi connectivity index (χ0v) is 12.5. The molecule has 0 atom stereocenters. The van der Waals surface area contributed by atoms with Crippen LogP contribution in [-0.2, 0) is 0 Å². The SMILES string of the molecule is CCC(CC)c1nc(Cl)c(-c2ccccc2)c(Cl)n1. The van der Waals surface area contributed by atoms with Crippen molar-refractivity contribution in [1.29, 1.82) is 0 Å². The van der Waals surface area contributed by atoms with Gasteiger partial charge in [0.05, 0.1) is 5.56 Å². The van der Waals surface area contributed by atoms with E-state index in [0.717, 1.165) is 24.2 Å². The maximum absolute atomic E-state index is 6.29. The smallest absolute Gasteiger partial charge is 0.142 e. The molecule has 0 amide bonds. The molecule has 19 heavy (non-hydrogen) atoms. The molecule has 0 bridgehead atoms. The van der Waals surface area contributed by atoms with Crippen LogP contribution in [0.5, 0.6) is 0 Å². The molecule has 1 heterocycles. The summed E-state index contributed by atoms with van der Waals surface area (Å²) in [5.41, 5.74) is 1.65. The zero-order valence-electron chi connectivity index (χ0n) is 11.0. The van der Waals surface area contributed by atoms with Gasteiger partial charge < -0.3 is 0 Å². The first-order valence-electron chi connectivity index (χ1n) is 6.45. The molecule has 2 aromatic rings. The normalized spacial score (nSPS) is 11.0. The molecule has 100 valence electrons. The molecule has 0 unspecified atom stereocenters. The van der Waals surface area contributed by atoms with E-state index in [0.29, 0.717) is 21.8 Å². The molecule has 0 fully saturated rings. The molecule has 0 aliphatic rings. The summed E-state index contributed by atoms with van der Waals surface area (Å²) in [5, 5.41) is 0.848. The van der Waals surface area contributed by atoms with Crippen molar-refractivity contribution in [3.63, 3.8) is 0 Å². The minimum Gasteiger partial charge on any atom is -0.220 e. The Balaban J connectivity index is 2.49. The molecular formula is C15H16Cl2N2. The van der Waals surface area contributed by atoms with E-state index in [1.807, 2.05) is 30.3 Å². The number of halogens is 2. The van der Waals surface area contributed by atoms with Crippen LogP contribution < -0.4 is 0 Å². The summed E-state index contributed by atoms with van der Waals surface area (Å²) >= 11 is 12.6. The third kappa shape index (κ3) is 3.07. The van der Waals surface area contributed by atoms with Gasteiger partial charge >= 0.3 is 0 Å². The van der Waals surface area contributed by atoms with E-state index >= 15 is 0 Å². The number of nitrogens with zero attached hydrogens (tertiary/aromatic N) is 2. The Morgan fingerprint density at radius 2 is 1.47 bits per heavy atom. The molecule has 0 spiro atoms. The van der Waals surface area contributed by atoms with E-state index in [1.165, 1.54) is 0 Å². The molecule has 1 aromatic carbocycles. The van der Waals surface area contributed by atoms with Crippen LogP contribution in [0.1, 0.15) is 38.4 Å². The van der Waals surface area contributed by atoms with Gasteiger partial charge in [0, 0.05) is 5.92 Å². The van der Waals surface area contributed by atoms with Gasteiger partial charge in [-0.05, 0) is 18.4 Å². The Morgan fingerprint density at radius 3 is 1.95 bits per heavy atom. The van der Waals surface area contributed by atoms with E-state index in [1.54, 1.807) is 0 Å². The number of benzene rings is 1. The lowest BCUT2D eigenvalue weighted by atomic mass is 10.0. The maximum Gasteiger partial charge on any atom is 0.142 e. The second-order valence-electron chi connectivity index (χ2n) is 4.42. The van der Waals surface area contributed by atoms with Crippen molar-refractivity contribution < 1.29 is 0 Å². The molecule has 4 heteroatoms. The predicted molar refractivity (Wildman–Crippen MR) is 80.8 cm³/mol. The zero-order chi connectivity index (χ0) is 13.8. The van der Waals surface area contributed by atoms with Crippen molar-refractivity contribution >= 4 is 23.2 Å². The minimum atomic E-state index is 0.305.